The summed E-state index contributed by atoms with van der Waals surface area (Å²) in [4.78, 5) is 6.39. The average molecular weight is 439 g/mol. The van der Waals surface area contributed by atoms with Crippen LogP contribution in [-0.4, -0.2) is 29.5 Å². The van der Waals surface area contributed by atoms with Crippen molar-refractivity contribution >= 4 is 52.9 Å². The number of halogens is 2. The SMILES string of the molecule is CN=C(NCc1ccsc1)N(C)Cc1cc(Cl)cn1C.I. The fourth-order valence-electron chi connectivity index (χ4n) is 2.00. The third kappa shape index (κ3) is 5.19. The van der Waals surface area contributed by atoms with Crippen molar-refractivity contribution in [2.45, 2.75) is 13.1 Å². The maximum atomic E-state index is 6.01. The predicted octanol–water partition coefficient (Wildman–Crippen LogP) is 3.57. The van der Waals surface area contributed by atoms with Crippen molar-refractivity contribution in [2.24, 2.45) is 12.0 Å². The minimum absolute atomic E-state index is 0. The van der Waals surface area contributed by atoms with Gasteiger partial charge in [0.05, 0.1) is 11.6 Å². The Balaban J connectivity index is 0.00000220. The first-order valence-electron chi connectivity index (χ1n) is 6.33. The van der Waals surface area contributed by atoms with Crippen molar-refractivity contribution in [1.82, 2.24) is 14.8 Å². The Kier molecular flexibility index (Phi) is 7.55. The zero-order valence-electron chi connectivity index (χ0n) is 12.3. The molecule has 1 N–H and O–H groups in total. The van der Waals surface area contributed by atoms with Crippen molar-refractivity contribution in [1.29, 1.82) is 0 Å². The molecule has 21 heavy (non-hydrogen) atoms. The van der Waals surface area contributed by atoms with Crippen molar-refractivity contribution in [3.63, 3.8) is 0 Å². The molecular weight excluding hydrogens is 419 g/mol. The van der Waals surface area contributed by atoms with E-state index in [2.05, 4.69) is 32.0 Å². The summed E-state index contributed by atoms with van der Waals surface area (Å²) in [7, 11) is 5.81. The van der Waals surface area contributed by atoms with E-state index in [9.17, 15) is 0 Å². The first-order chi connectivity index (χ1) is 9.60. The van der Waals surface area contributed by atoms with E-state index in [0.29, 0.717) is 0 Å². The molecule has 7 heteroatoms. The third-order valence-corrected chi connectivity index (χ3v) is 4.02. The molecule has 0 saturated carbocycles. The van der Waals surface area contributed by atoms with Gasteiger partial charge >= 0.3 is 0 Å². The van der Waals surface area contributed by atoms with Crippen LogP contribution in [0.1, 0.15) is 11.3 Å². The maximum Gasteiger partial charge on any atom is 0.194 e. The van der Waals surface area contributed by atoms with E-state index in [1.165, 1.54) is 5.56 Å². The van der Waals surface area contributed by atoms with Gasteiger partial charge in [0, 0.05) is 39.6 Å². The number of hydrogen-bond acceptors (Lipinski definition) is 2. The standard InChI is InChI=1S/C14H19ClN4S.HI/c1-16-14(17-7-11-4-5-20-10-11)19(3)9-13-6-12(15)8-18(13)2;/h4-6,8,10H,7,9H2,1-3H3,(H,16,17);1H. The summed E-state index contributed by atoms with van der Waals surface area (Å²) in [6.45, 7) is 1.54. The van der Waals surface area contributed by atoms with Gasteiger partial charge in [0.15, 0.2) is 5.96 Å². The van der Waals surface area contributed by atoms with E-state index < -0.39 is 0 Å². The lowest BCUT2D eigenvalue weighted by Gasteiger charge is -2.22. The summed E-state index contributed by atoms with van der Waals surface area (Å²) in [6.07, 6.45) is 1.91. The number of nitrogens with one attached hydrogen (secondary N) is 1. The highest BCUT2D eigenvalue weighted by molar-refractivity contribution is 14.0. The fourth-order valence-corrected chi connectivity index (χ4v) is 2.94. The van der Waals surface area contributed by atoms with E-state index in [1.54, 1.807) is 18.4 Å². The summed E-state index contributed by atoms with van der Waals surface area (Å²) in [5.41, 5.74) is 2.42. The quantitative estimate of drug-likeness (QED) is 0.450. The van der Waals surface area contributed by atoms with Gasteiger partial charge in [0.2, 0.25) is 0 Å². The monoisotopic (exact) mass is 438 g/mol. The fraction of sp³-hybridized carbons (Fsp3) is 0.357. The van der Waals surface area contributed by atoms with Crippen LogP contribution in [0.15, 0.2) is 34.1 Å². The zero-order valence-corrected chi connectivity index (χ0v) is 16.2. The van der Waals surface area contributed by atoms with Crippen LogP contribution in [-0.2, 0) is 20.1 Å². The first kappa shape index (κ1) is 18.3. The first-order valence-corrected chi connectivity index (χ1v) is 7.66. The van der Waals surface area contributed by atoms with Crippen molar-refractivity contribution in [2.75, 3.05) is 14.1 Å². The number of thiophene rings is 1. The summed E-state index contributed by atoms with van der Waals surface area (Å²) >= 11 is 7.71. The largest absolute Gasteiger partial charge is 0.352 e. The predicted molar refractivity (Wildman–Crippen MR) is 102 cm³/mol. The summed E-state index contributed by atoms with van der Waals surface area (Å²) < 4.78 is 2.03. The molecule has 0 bridgehead atoms. The molecule has 2 rings (SSSR count). The minimum Gasteiger partial charge on any atom is -0.352 e. The van der Waals surface area contributed by atoms with Gasteiger partial charge in [0.1, 0.15) is 0 Å². The second kappa shape index (κ2) is 8.65. The highest BCUT2D eigenvalue weighted by Gasteiger charge is 2.09. The number of rotatable bonds is 4. The lowest BCUT2D eigenvalue weighted by molar-refractivity contribution is 0.462. The molecule has 0 radical (unpaired) electrons. The lowest BCUT2D eigenvalue weighted by atomic mass is 10.3. The van der Waals surface area contributed by atoms with Gasteiger partial charge in [-0.1, -0.05) is 11.6 Å². The van der Waals surface area contributed by atoms with E-state index in [4.69, 9.17) is 11.6 Å². The van der Waals surface area contributed by atoms with Gasteiger partial charge in [-0.25, -0.2) is 0 Å². The Bertz CT molecular complexity index is 580. The smallest absolute Gasteiger partial charge is 0.194 e. The third-order valence-electron chi connectivity index (χ3n) is 3.08. The molecule has 0 fully saturated rings. The van der Waals surface area contributed by atoms with Crippen LogP contribution < -0.4 is 5.32 Å². The highest BCUT2D eigenvalue weighted by atomic mass is 127. The Morgan fingerprint density at radius 1 is 1.52 bits per heavy atom. The van der Waals surface area contributed by atoms with Crippen molar-refractivity contribution in [3.8, 4) is 0 Å². The Morgan fingerprint density at radius 3 is 2.81 bits per heavy atom. The number of aryl methyl sites for hydroxylation is 1. The Hall–Kier alpha value is -0.730. The maximum absolute atomic E-state index is 6.01. The van der Waals surface area contributed by atoms with Gasteiger partial charge < -0.3 is 14.8 Å². The van der Waals surface area contributed by atoms with Crippen LogP contribution in [0.25, 0.3) is 0 Å². The summed E-state index contributed by atoms with van der Waals surface area (Å²) in [6, 6.07) is 4.09. The molecule has 4 nitrogen and oxygen atoms in total. The van der Waals surface area contributed by atoms with Crippen LogP contribution in [0.3, 0.4) is 0 Å². The molecule has 0 atom stereocenters. The van der Waals surface area contributed by atoms with E-state index in [-0.39, 0.29) is 24.0 Å². The van der Waals surface area contributed by atoms with E-state index >= 15 is 0 Å². The van der Waals surface area contributed by atoms with Crippen LogP contribution in [0.2, 0.25) is 5.02 Å². The van der Waals surface area contributed by atoms with Gasteiger partial charge in [-0.2, -0.15) is 11.3 Å². The summed E-state index contributed by atoms with van der Waals surface area (Å²) in [5.74, 6) is 0.869. The number of aliphatic imine (C=N–C) groups is 1. The van der Waals surface area contributed by atoms with Gasteiger partial charge in [0.25, 0.3) is 0 Å². The Morgan fingerprint density at radius 2 is 2.29 bits per heavy atom. The van der Waals surface area contributed by atoms with Crippen molar-refractivity contribution in [3.05, 3.63) is 45.4 Å². The average Bonchev–Trinajstić information content (AvgIpc) is 3.01. The molecule has 0 aliphatic rings. The lowest BCUT2D eigenvalue weighted by Crippen LogP contribution is -2.38. The van der Waals surface area contributed by atoms with Crippen LogP contribution in [0.5, 0.6) is 0 Å². The van der Waals surface area contributed by atoms with Crippen LogP contribution >= 0.6 is 46.9 Å². The minimum atomic E-state index is 0. The molecule has 116 valence electrons. The summed E-state index contributed by atoms with van der Waals surface area (Å²) in [5, 5.41) is 8.33. The van der Waals surface area contributed by atoms with E-state index in [0.717, 1.165) is 29.8 Å². The second-order valence-corrected chi connectivity index (χ2v) is 5.87. The molecular formula is C14H20ClIN4S. The molecule has 2 heterocycles. The molecule has 0 unspecified atom stereocenters. The van der Waals surface area contributed by atoms with Gasteiger partial charge in [-0.15, -0.1) is 24.0 Å². The van der Waals surface area contributed by atoms with Crippen LogP contribution in [0, 0.1) is 0 Å². The molecule has 0 aliphatic heterocycles. The molecule has 0 aromatic carbocycles. The zero-order chi connectivity index (χ0) is 14.5. The van der Waals surface area contributed by atoms with Crippen LogP contribution in [0.4, 0.5) is 0 Å². The topological polar surface area (TPSA) is 32.6 Å². The molecule has 2 aromatic heterocycles. The van der Waals surface area contributed by atoms with E-state index in [1.807, 2.05) is 30.9 Å². The number of aromatic nitrogens is 1. The molecule has 2 aromatic rings. The van der Waals surface area contributed by atoms with Gasteiger partial charge in [-0.3, -0.25) is 4.99 Å². The normalized spacial score (nSPS) is 11.1. The second-order valence-electron chi connectivity index (χ2n) is 4.65. The Labute approximate surface area is 151 Å². The molecule has 0 saturated heterocycles. The highest BCUT2D eigenvalue weighted by Crippen LogP contribution is 2.14. The molecule has 0 amide bonds. The molecule has 0 aliphatic carbocycles. The van der Waals surface area contributed by atoms with Gasteiger partial charge in [-0.05, 0) is 28.5 Å². The number of guanidine groups is 1. The number of nitrogens with zero attached hydrogens (tertiary/aromatic N) is 3. The molecule has 0 spiro atoms. The number of hydrogen-bond donors (Lipinski definition) is 1. The van der Waals surface area contributed by atoms with Crippen molar-refractivity contribution < 1.29 is 0 Å².